The van der Waals surface area contributed by atoms with Gasteiger partial charge in [0, 0.05) is 0 Å². The van der Waals surface area contributed by atoms with Gasteiger partial charge < -0.3 is 4.74 Å². The maximum atomic E-state index is 13.2. The van der Waals surface area contributed by atoms with Crippen molar-refractivity contribution in [3.8, 4) is 5.75 Å². The first kappa shape index (κ1) is 18.6. The van der Waals surface area contributed by atoms with Gasteiger partial charge in [0.2, 0.25) is 11.8 Å². The Bertz CT molecular complexity index is 1080. The molecule has 1 aliphatic heterocycles. The Morgan fingerprint density at radius 3 is 2.03 bits per heavy atom. The zero-order valence-electron chi connectivity index (χ0n) is 17.2. The number of aryl methyl sites for hydroxylation is 1. The van der Waals surface area contributed by atoms with Gasteiger partial charge >= 0.3 is 5.97 Å². The first-order valence-corrected chi connectivity index (χ1v) is 11.0. The zero-order valence-corrected chi connectivity index (χ0v) is 17.2. The number of carbonyl (C=O) groups is 3. The number of nitrogens with zero attached hydrogens (tertiary/aromatic N) is 1. The summed E-state index contributed by atoms with van der Waals surface area (Å²) in [5, 5.41) is 0. The molecule has 2 aromatic carbocycles. The minimum atomic E-state index is -0.467. The van der Waals surface area contributed by atoms with Crippen LogP contribution >= 0.6 is 0 Å². The molecular formula is C26H23NO4. The second-order valence-electron chi connectivity index (χ2n) is 9.10. The number of esters is 1. The Kier molecular flexibility index (Phi) is 3.98. The second kappa shape index (κ2) is 6.64. The van der Waals surface area contributed by atoms with E-state index in [1.165, 1.54) is 10.5 Å². The number of anilines is 1. The lowest BCUT2D eigenvalue weighted by atomic mass is 9.63. The number of benzene rings is 2. The van der Waals surface area contributed by atoms with Gasteiger partial charge in [-0.2, -0.15) is 0 Å². The first-order valence-electron chi connectivity index (χ1n) is 11.0. The highest BCUT2D eigenvalue weighted by atomic mass is 16.5. The molecule has 0 N–H and O–H groups in total. The lowest BCUT2D eigenvalue weighted by Gasteiger charge is -2.37. The van der Waals surface area contributed by atoms with Gasteiger partial charge in [0.15, 0.2) is 0 Å². The third-order valence-corrected chi connectivity index (χ3v) is 7.57. The van der Waals surface area contributed by atoms with E-state index in [0.717, 1.165) is 12.8 Å². The van der Waals surface area contributed by atoms with Crippen LogP contribution < -0.4 is 9.64 Å². The van der Waals surface area contributed by atoms with E-state index in [2.05, 4.69) is 19.1 Å². The lowest BCUT2D eigenvalue weighted by molar-refractivity contribution is -0.124. The third kappa shape index (κ3) is 2.72. The molecule has 5 heteroatoms. The van der Waals surface area contributed by atoms with Gasteiger partial charge in [-0.3, -0.25) is 14.5 Å². The number of hydrogen-bond acceptors (Lipinski definition) is 4. The topological polar surface area (TPSA) is 63.7 Å². The minimum absolute atomic E-state index is 0.0916. The molecule has 0 unspecified atom stereocenters. The van der Waals surface area contributed by atoms with E-state index in [0.29, 0.717) is 28.8 Å². The van der Waals surface area contributed by atoms with Gasteiger partial charge in [-0.15, -0.1) is 0 Å². The molecule has 156 valence electrons. The summed E-state index contributed by atoms with van der Waals surface area (Å²) in [4.78, 5) is 40.2. The van der Waals surface area contributed by atoms with Crippen molar-refractivity contribution >= 4 is 23.5 Å². The number of amides is 2. The van der Waals surface area contributed by atoms with E-state index in [1.54, 1.807) is 36.4 Å². The fraction of sp³-hybridized carbons (Fsp3) is 0.346. The largest absolute Gasteiger partial charge is 0.423 e. The molecule has 7 rings (SSSR count). The van der Waals surface area contributed by atoms with Gasteiger partial charge in [0.1, 0.15) is 5.75 Å². The molecule has 2 amide bonds. The van der Waals surface area contributed by atoms with Gasteiger partial charge in [-0.05, 0) is 78.5 Å². The predicted molar refractivity (Wildman–Crippen MR) is 114 cm³/mol. The van der Waals surface area contributed by atoms with Crippen LogP contribution in [-0.2, 0) is 16.0 Å². The molecular weight excluding hydrogens is 390 g/mol. The summed E-state index contributed by atoms with van der Waals surface area (Å²) in [5.74, 6) is 0.964. The SMILES string of the molecule is CCc1ccc(OC(=O)c2ccc(N3C(=O)[C@@H]4[C@H]5C=C[C@@H]([C@@H]6C[C@@H]56)[C@@H]4C3=O)cc2)cc1. The van der Waals surface area contributed by atoms with E-state index >= 15 is 0 Å². The fourth-order valence-electron chi connectivity index (χ4n) is 5.92. The number of allylic oxidation sites excluding steroid dienone is 2. The molecule has 31 heavy (non-hydrogen) atoms. The van der Waals surface area contributed by atoms with Crippen molar-refractivity contribution in [2.45, 2.75) is 19.8 Å². The van der Waals surface area contributed by atoms with Crippen LogP contribution in [0.4, 0.5) is 5.69 Å². The quantitative estimate of drug-likeness (QED) is 0.329. The maximum Gasteiger partial charge on any atom is 0.343 e. The molecule has 5 aliphatic rings. The second-order valence-corrected chi connectivity index (χ2v) is 9.10. The van der Waals surface area contributed by atoms with E-state index < -0.39 is 5.97 Å². The van der Waals surface area contributed by atoms with Crippen LogP contribution in [0.25, 0.3) is 0 Å². The first-order chi connectivity index (χ1) is 15.1. The molecule has 6 atom stereocenters. The number of carbonyl (C=O) groups excluding carboxylic acids is 3. The van der Waals surface area contributed by atoms with Crippen LogP contribution in [0.2, 0.25) is 0 Å². The number of ether oxygens (including phenoxy) is 1. The van der Waals surface area contributed by atoms with Crippen LogP contribution in [0.15, 0.2) is 60.7 Å². The summed E-state index contributed by atoms with van der Waals surface area (Å²) in [6.45, 7) is 2.07. The molecule has 0 spiro atoms. The molecule has 2 bridgehead atoms. The molecule has 2 aromatic rings. The number of rotatable bonds is 4. The average molecular weight is 413 g/mol. The Morgan fingerprint density at radius 2 is 1.48 bits per heavy atom. The summed E-state index contributed by atoms with van der Waals surface area (Å²) in [6.07, 6.45) is 6.40. The van der Waals surface area contributed by atoms with Crippen molar-refractivity contribution in [2.24, 2.45) is 35.5 Å². The zero-order chi connectivity index (χ0) is 21.3. The maximum absolute atomic E-state index is 13.2. The van der Waals surface area contributed by atoms with E-state index in [9.17, 15) is 14.4 Å². The average Bonchev–Trinajstić information content (AvgIpc) is 3.58. The molecule has 3 fully saturated rings. The Labute approximate surface area is 180 Å². The molecule has 0 radical (unpaired) electrons. The van der Waals surface area contributed by atoms with Crippen molar-refractivity contribution in [1.29, 1.82) is 0 Å². The fourth-order valence-corrected chi connectivity index (χ4v) is 5.92. The smallest absolute Gasteiger partial charge is 0.343 e. The van der Waals surface area contributed by atoms with Gasteiger partial charge in [0.05, 0.1) is 23.1 Å². The Morgan fingerprint density at radius 1 is 0.903 bits per heavy atom. The molecule has 5 nitrogen and oxygen atoms in total. The van der Waals surface area contributed by atoms with Gasteiger partial charge in [0.25, 0.3) is 0 Å². The monoisotopic (exact) mass is 413 g/mol. The van der Waals surface area contributed by atoms with Crippen LogP contribution in [0.3, 0.4) is 0 Å². The highest BCUT2D eigenvalue weighted by molar-refractivity contribution is 6.22. The van der Waals surface area contributed by atoms with E-state index in [-0.39, 0.29) is 35.5 Å². The summed E-state index contributed by atoms with van der Waals surface area (Å²) >= 11 is 0. The van der Waals surface area contributed by atoms with Crippen molar-refractivity contribution in [3.63, 3.8) is 0 Å². The summed E-state index contributed by atoms with van der Waals surface area (Å²) in [5.41, 5.74) is 2.08. The van der Waals surface area contributed by atoms with Crippen LogP contribution in [0, 0.1) is 35.5 Å². The van der Waals surface area contributed by atoms with Crippen LogP contribution in [0.1, 0.15) is 29.3 Å². The van der Waals surface area contributed by atoms with Crippen LogP contribution in [0.5, 0.6) is 5.75 Å². The Hall–Kier alpha value is -3.21. The van der Waals surface area contributed by atoms with Crippen molar-refractivity contribution in [3.05, 3.63) is 71.8 Å². The molecule has 0 aromatic heterocycles. The van der Waals surface area contributed by atoms with Gasteiger partial charge in [-0.25, -0.2) is 4.79 Å². The van der Waals surface area contributed by atoms with E-state index in [1.807, 2.05) is 12.1 Å². The number of imide groups is 1. The highest BCUT2D eigenvalue weighted by Crippen LogP contribution is 2.65. The van der Waals surface area contributed by atoms with Crippen molar-refractivity contribution < 1.29 is 19.1 Å². The van der Waals surface area contributed by atoms with Gasteiger partial charge in [-0.1, -0.05) is 31.2 Å². The Balaban J connectivity index is 1.20. The number of hydrogen-bond donors (Lipinski definition) is 0. The summed E-state index contributed by atoms with van der Waals surface area (Å²) in [6, 6.07) is 14.0. The minimum Gasteiger partial charge on any atom is -0.423 e. The molecule has 4 aliphatic carbocycles. The van der Waals surface area contributed by atoms with Crippen LogP contribution in [-0.4, -0.2) is 17.8 Å². The lowest BCUT2D eigenvalue weighted by Crippen LogP contribution is -2.40. The van der Waals surface area contributed by atoms with Crippen molar-refractivity contribution in [2.75, 3.05) is 4.90 Å². The third-order valence-electron chi connectivity index (χ3n) is 7.57. The highest BCUT2D eigenvalue weighted by Gasteiger charge is 2.67. The van der Waals surface area contributed by atoms with Crippen molar-refractivity contribution in [1.82, 2.24) is 0 Å². The summed E-state index contributed by atoms with van der Waals surface area (Å²) in [7, 11) is 0. The predicted octanol–water partition coefficient (Wildman–Crippen LogP) is 4.03. The molecule has 2 saturated carbocycles. The normalized spacial score (nSPS) is 32.1. The summed E-state index contributed by atoms with van der Waals surface area (Å²) < 4.78 is 5.44. The van der Waals surface area contributed by atoms with E-state index in [4.69, 9.17) is 4.74 Å². The molecule has 1 heterocycles. The molecule has 1 saturated heterocycles. The standard InChI is InChI=1S/C26H23NO4/c1-2-14-3-9-17(10-4-14)31-26(30)15-5-7-16(8-6-15)27-24(28)22-18-11-12-19(21-13-20(18)21)23(22)25(27)29/h3-12,18-23H,2,13H2,1H3/t18-,19-,20-,21-,22-,23+/m0/s1.